The second-order valence-corrected chi connectivity index (χ2v) is 6.24. The molecule has 116 valence electrons. The Kier molecular flexibility index (Phi) is 7.03. The van der Waals surface area contributed by atoms with Crippen molar-refractivity contribution in [3.63, 3.8) is 0 Å². The van der Waals surface area contributed by atoms with Gasteiger partial charge in [-0.3, -0.25) is 9.59 Å². The van der Waals surface area contributed by atoms with Crippen LogP contribution in [0.3, 0.4) is 0 Å². The van der Waals surface area contributed by atoms with E-state index in [4.69, 9.17) is 0 Å². The lowest BCUT2D eigenvalue weighted by Gasteiger charge is -2.26. The topological polar surface area (TPSA) is 49.4 Å². The summed E-state index contributed by atoms with van der Waals surface area (Å²) in [5, 5.41) is 3.00. The van der Waals surface area contributed by atoms with Crippen LogP contribution in [0.5, 0.6) is 0 Å². The highest BCUT2D eigenvalue weighted by molar-refractivity contribution is 5.88. The van der Waals surface area contributed by atoms with Crippen LogP contribution in [0.1, 0.15) is 59.8 Å². The second-order valence-electron chi connectivity index (χ2n) is 6.24. The molecular weight excluding hydrogens is 252 g/mol. The number of hydrogen-bond donors (Lipinski definition) is 1. The van der Waals surface area contributed by atoms with E-state index in [2.05, 4.69) is 19.2 Å². The first-order valence-electron chi connectivity index (χ1n) is 8.08. The molecule has 1 fully saturated rings. The van der Waals surface area contributed by atoms with Crippen LogP contribution in [0, 0.1) is 11.8 Å². The molecule has 0 aromatic heterocycles. The van der Waals surface area contributed by atoms with Crippen LogP contribution in [0.4, 0.5) is 0 Å². The molecule has 2 amide bonds. The molecular formula is C16H30N2O2. The Morgan fingerprint density at radius 3 is 2.10 bits per heavy atom. The lowest BCUT2D eigenvalue weighted by atomic mass is 9.99. The van der Waals surface area contributed by atoms with Crippen molar-refractivity contribution < 1.29 is 9.59 Å². The molecule has 20 heavy (non-hydrogen) atoms. The molecule has 1 rings (SSSR count). The van der Waals surface area contributed by atoms with Gasteiger partial charge in [0.2, 0.25) is 11.8 Å². The quantitative estimate of drug-likeness (QED) is 0.780. The standard InChI is InChI=1S/C16H30N2O2/c1-5-13(6-2)15(19)17-14(11-12(3)4)16(20)18-9-7-8-10-18/h12-14H,5-11H2,1-4H3,(H,17,19)/t14-/m1/s1. The maximum absolute atomic E-state index is 12.5. The lowest BCUT2D eigenvalue weighted by Crippen LogP contribution is -2.49. The fraction of sp³-hybridized carbons (Fsp3) is 0.875. The summed E-state index contributed by atoms with van der Waals surface area (Å²) in [6.07, 6.45) is 4.55. The maximum Gasteiger partial charge on any atom is 0.245 e. The van der Waals surface area contributed by atoms with Gasteiger partial charge in [-0.1, -0.05) is 27.7 Å². The minimum absolute atomic E-state index is 0.0241. The van der Waals surface area contributed by atoms with Crippen molar-refractivity contribution >= 4 is 11.8 Å². The summed E-state index contributed by atoms with van der Waals surface area (Å²) in [5.74, 6) is 0.563. The van der Waals surface area contributed by atoms with Gasteiger partial charge < -0.3 is 10.2 Å². The van der Waals surface area contributed by atoms with Gasteiger partial charge in [-0.25, -0.2) is 0 Å². The Morgan fingerprint density at radius 2 is 1.65 bits per heavy atom. The fourth-order valence-corrected chi connectivity index (χ4v) is 2.80. The van der Waals surface area contributed by atoms with Crippen LogP contribution in [0.25, 0.3) is 0 Å². The Labute approximate surface area is 123 Å². The molecule has 0 saturated carbocycles. The zero-order chi connectivity index (χ0) is 15.1. The van der Waals surface area contributed by atoms with E-state index in [9.17, 15) is 9.59 Å². The van der Waals surface area contributed by atoms with Crippen LogP contribution in [0.15, 0.2) is 0 Å². The monoisotopic (exact) mass is 282 g/mol. The number of carbonyl (C=O) groups excluding carboxylic acids is 2. The highest BCUT2D eigenvalue weighted by Crippen LogP contribution is 2.15. The summed E-state index contributed by atoms with van der Waals surface area (Å²) in [6.45, 7) is 9.91. The Balaban J connectivity index is 2.67. The van der Waals surface area contributed by atoms with Gasteiger partial charge in [-0.05, 0) is 38.0 Å². The molecule has 0 aromatic rings. The third-order valence-corrected chi connectivity index (χ3v) is 4.10. The summed E-state index contributed by atoms with van der Waals surface area (Å²) in [4.78, 5) is 26.7. The average Bonchev–Trinajstić information content (AvgIpc) is 2.91. The molecule has 0 spiro atoms. The minimum atomic E-state index is -0.346. The number of rotatable bonds is 7. The van der Waals surface area contributed by atoms with Crippen LogP contribution in [-0.4, -0.2) is 35.8 Å². The third kappa shape index (κ3) is 4.80. The first kappa shape index (κ1) is 17.0. The van der Waals surface area contributed by atoms with E-state index < -0.39 is 0 Å². The number of hydrogen-bond acceptors (Lipinski definition) is 2. The predicted molar refractivity (Wildman–Crippen MR) is 81.3 cm³/mol. The van der Waals surface area contributed by atoms with E-state index >= 15 is 0 Å². The molecule has 0 aliphatic carbocycles. The SMILES string of the molecule is CCC(CC)C(=O)N[C@H](CC(C)C)C(=O)N1CCCC1. The second kappa shape index (κ2) is 8.28. The fourth-order valence-electron chi connectivity index (χ4n) is 2.80. The number of nitrogens with one attached hydrogen (secondary N) is 1. The zero-order valence-electron chi connectivity index (χ0n) is 13.4. The number of carbonyl (C=O) groups is 2. The molecule has 0 bridgehead atoms. The Morgan fingerprint density at radius 1 is 1.10 bits per heavy atom. The van der Waals surface area contributed by atoms with Crippen molar-refractivity contribution in [1.29, 1.82) is 0 Å². The smallest absolute Gasteiger partial charge is 0.245 e. The molecule has 1 saturated heterocycles. The normalized spacial score (nSPS) is 16.8. The van der Waals surface area contributed by atoms with Crippen LogP contribution in [-0.2, 0) is 9.59 Å². The predicted octanol–water partition coefficient (Wildman–Crippen LogP) is 2.58. The van der Waals surface area contributed by atoms with Gasteiger partial charge in [0.05, 0.1) is 0 Å². The van der Waals surface area contributed by atoms with Crippen molar-refractivity contribution in [3.8, 4) is 0 Å². The van der Waals surface area contributed by atoms with E-state index in [0.29, 0.717) is 5.92 Å². The number of amides is 2. The van der Waals surface area contributed by atoms with E-state index in [1.165, 1.54) is 0 Å². The largest absolute Gasteiger partial charge is 0.344 e. The third-order valence-electron chi connectivity index (χ3n) is 4.10. The first-order valence-corrected chi connectivity index (χ1v) is 8.08. The van der Waals surface area contributed by atoms with Crippen LogP contribution < -0.4 is 5.32 Å². The molecule has 1 heterocycles. The van der Waals surface area contributed by atoms with Gasteiger partial charge in [0, 0.05) is 19.0 Å². The maximum atomic E-state index is 12.5. The van der Waals surface area contributed by atoms with Gasteiger partial charge in [-0.15, -0.1) is 0 Å². The van der Waals surface area contributed by atoms with Crippen molar-refractivity contribution in [1.82, 2.24) is 10.2 Å². The van der Waals surface area contributed by atoms with Gasteiger partial charge >= 0.3 is 0 Å². The number of likely N-dealkylation sites (tertiary alicyclic amines) is 1. The first-order chi connectivity index (χ1) is 9.49. The Hall–Kier alpha value is -1.06. The van der Waals surface area contributed by atoms with Crippen molar-refractivity contribution in [3.05, 3.63) is 0 Å². The van der Waals surface area contributed by atoms with Crippen molar-refractivity contribution in [2.45, 2.75) is 65.8 Å². The molecule has 1 atom stereocenters. The van der Waals surface area contributed by atoms with Crippen LogP contribution >= 0.6 is 0 Å². The summed E-state index contributed by atoms with van der Waals surface area (Å²) in [7, 11) is 0. The molecule has 1 aliphatic rings. The number of nitrogens with zero attached hydrogens (tertiary/aromatic N) is 1. The molecule has 4 heteroatoms. The summed E-state index contributed by atoms with van der Waals surface area (Å²) >= 11 is 0. The van der Waals surface area contributed by atoms with E-state index in [1.54, 1.807) is 0 Å². The van der Waals surface area contributed by atoms with Crippen molar-refractivity contribution in [2.24, 2.45) is 11.8 Å². The minimum Gasteiger partial charge on any atom is -0.344 e. The highest BCUT2D eigenvalue weighted by Gasteiger charge is 2.29. The van der Waals surface area contributed by atoms with E-state index in [1.807, 2.05) is 18.7 Å². The zero-order valence-corrected chi connectivity index (χ0v) is 13.4. The lowest BCUT2D eigenvalue weighted by molar-refractivity contribution is -0.137. The van der Waals surface area contributed by atoms with Crippen molar-refractivity contribution in [2.75, 3.05) is 13.1 Å². The summed E-state index contributed by atoms with van der Waals surface area (Å²) < 4.78 is 0. The summed E-state index contributed by atoms with van der Waals surface area (Å²) in [6, 6.07) is -0.346. The average molecular weight is 282 g/mol. The van der Waals surface area contributed by atoms with Gasteiger partial charge in [0.15, 0.2) is 0 Å². The van der Waals surface area contributed by atoms with Gasteiger partial charge in [0.25, 0.3) is 0 Å². The Bertz CT molecular complexity index is 318. The van der Waals surface area contributed by atoms with E-state index in [-0.39, 0.29) is 23.8 Å². The molecule has 1 N–H and O–H groups in total. The molecule has 0 radical (unpaired) electrons. The molecule has 0 aromatic carbocycles. The molecule has 4 nitrogen and oxygen atoms in total. The van der Waals surface area contributed by atoms with Crippen LogP contribution in [0.2, 0.25) is 0 Å². The molecule has 0 unspecified atom stereocenters. The molecule has 1 aliphatic heterocycles. The highest BCUT2D eigenvalue weighted by atomic mass is 16.2. The summed E-state index contributed by atoms with van der Waals surface area (Å²) in [5.41, 5.74) is 0. The van der Waals surface area contributed by atoms with E-state index in [0.717, 1.165) is 45.2 Å². The van der Waals surface area contributed by atoms with Gasteiger partial charge in [-0.2, -0.15) is 0 Å². The van der Waals surface area contributed by atoms with Gasteiger partial charge in [0.1, 0.15) is 6.04 Å².